The number of aliphatic imine (C=N–C) groups is 2. The van der Waals surface area contributed by atoms with Crippen molar-refractivity contribution in [2.45, 2.75) is 58.4 Å². The first-order chi connectivity index (χ1) is 7.01. The van der Waals surface area contributed by atoms with Gasteiger partial charge in [-0.3, -0.25) is 9.98 Å². The van der Waals surface area contributed by atoms with Crippen LogP contribution in [0, 0.1) is 5.41 Å². The van der Waals surface area contributed by atoms with Crippen molar-refractivity contribution >= 4 is 11.4 Å². The molecule has 1 fully saturated rings. The summed E-state index contributed by atoms with van der Waals surface area (Å²) < 4.78 is 0. The smallest absolute Gasteiger partial charge is 0.0615 e. The molecule has 1 heterocycles. The lowest BCUT2D eigenvalue weighted by molar-refractivity contribution is 0.189. The third kappa shape index (κ3) is 1.54. The summed E-state index contributed by atoms with van der Waals surface area (Å²) in [5.74, 6) is 0. The maximum atomic E-state index is 4.91. The Morgan fingerprint density at radius 2 is 1.87 bits per heavy atom. The van der Waals surface area contributed by atoms with Crippen LogP contribution in [-0.2, 0) is 0 Å². The second-order valence-electron chi connectivity index (χ2n) is 5.59. The predicted octanol–water partition coefficient (Wildman–Crippen LogP) is 3.26. The molecule has 1 saturated carbocycles. The van der Waals surface area contributed by atoms with Gasteiger partial charge in [-0.15, -0.1) is 0 Å². The molecule has 0 saturated heterocycles. The predicted molar refractivity (Wildman–Crippen MR) is 66.1 cm³/mol. The molecule has 2 heteroatoms. The summed E-state index contributed by atoms with van der Waals surface area (Å²) in [7, 11) is 1.87. The van der Waals surface area contributed by atoms with E-state index in [0.29, 0.717) is 5.41 Å². The molecule has 0 aromatic carbocycles. The van der Waals surface area contributed by atoms with Gasteiger partial charge in [0.1, 0.15) is 0 Å². The van der Waals surface area contributed by atoms with Crippen molar-refractivity contribution in [1.82, 2.24) is 0 Å². The fourth-order valence-corrected chi connectivity index (χ4v) is 3.21. The summed E-state index contributed by atoms with van der Waals surface area (Å²) >= 11 is 0. The first-order valence-corrected chi connectivity index (χ1v) is 6.03. The normalized spacial score (nSPS) is 28.5. The molecule has 0 aromatic rings. The second kappa shape index (κ2) is 3.43. The van der Waals surface area contributed by atoms with Crippen molar-refractivity contribution in [2.75, 3.05) is 7.05 Å². The van der Waals surface area contributed by atoms with Gasteiger partial charge in [0.2, 0.25) is 0 Å². The van der Waals surface area contributed by atoms with Crippen LogP contribution in [0.3, 0.4) is 0 Å². The van der Waals surface area contributed by atoms with E-state index in [2.05, 4.69) is 25.8 Å². The molecular weight excluding hydrogens is 184 g/mol. The Kier molecular flexibility index (Phi) is 2.48. The summed E-state index contributed by atoms with van der Waals surface area (Å²) in [5, 5.41) is 0. The van der Waals surface area contributed by atoms with Gasteiger partial charge in [0.05, 0.1) is 17.0 Å². The van der Waals surface area contributed by atoms with Crippen LogP contribution in [0.5, 0.6) is 0 Å². The molecule has 15 heavy (non-hydrogen) atoms. The maximum absolute atomic E-state index is 4.91. The van der Waals surface area contributed by atoms with Crippen LogP contribution in [0.25, 0.3) is 0 Å². The standard InChI is InChI=1S/C13H22N2/c1-10(14-4)11-9-13(7-5-6-8-13)12(2,3)15-11/h5-9H2,1-4H3. The van der Waals surface area contributed by atoms with Gasteiger partial charge < -0.3 is 0 Å². The number of hydrogen-bond acceptors (Lipinski definition) is 2. The zero-order valence-corrected chi connectivity index (χ0v) is 10.4. The van der Waals surface area contributed by atoms with E-state index in [-0.39, 0.29) is 5.54 Å². The van der Waals surface area contributed by atoms with Gasteiger partial charge in [0.15, 0.2) is 0 Å². The summed E-state index contributed by atoms with van der Waals surface area (Å²) in [6.45, 7) is 6.69. The summed E-state index contributed by atoms with van der Waals surface area (Å²) in [6, 6.07) is 0. The summed E-state index contributed by atoms with van der Waals surface area (Å²) in [6.07, 6.45) is 6.63. The van der Waals surface area contributed by atoms with Gasteiger partial charge in [-0.1, -0.05) is 12.8 Å². The Labute approximate surface area is 92.9 Å². The molecule has 0 N–H and O–H groups in total. The molecule has 2 nitrogen and oxygen atoms in total. The molecule has 0 amide bonds. The number of nitrogens with zero attached hydrogens (tertiary/aromatic N) is 2. The molecule has 0 unspecified atom stereocenters. The van der Waals surface area contributed by atoms with Crippen LogP contribution in [0.2, 0.25) is 0 Å². The second-order valence-corrected chi connectivity index (χ2v) is 5.59. The van der Waals surface area contributed by atoms with Crippen molar-refractivity contribution in [3.05, 3.63) is 0 Å². The van der Waals surface area contributed by atoms with Crippen LogP contribution >= 0.6 is 0 Å². The maximum Gasteiger partial charge on any atom is 0.0615 e. The van der Waals surface area contributed by atoms with Crippen molar-refractivity contribution in [1.29, 1.82) is 0 Å². The van der Waals surface area contributed by atoms with Gasteiger partial charge >= 0.3 is 0 Å². The van der Waals surface area contributed by atoms with Crippen LogP contribution in [0.1, 0.15) is 52.9 Å². The summed E-state index contributed by atoms with van der Waals surface area (Å²) in [4.78, 5) is 9.19. The average Bonchev–Trinajstić information content (AvgIpc) is 2.74. The minimum atomic E-state index is 0.130. The first kappa shape index (κ1) is 10.8. The van der Waals surface area contributed by atoms with E-state index in [9.17, 15) is 0 Å². The molecule has 0 aromatic heterocycles. The van der Waals surface area contributed by atoms with Crippen molar-refractivity contribution < 1.29 is 0 Å². The quantitative estimate of drug-likeness (QED) is 0.588. The van der Waals surface area contributed by atoms with Crippen LogP contribution < -0.4 is 0 Å². The van der Waals surface area contributed by atoms with E-state index in [4.69, 9.17) is 4.99 Å². The number of rotatable bonds is 1. The van der Waals surface area contributed by atoms with Gasteiger partial charge in [-0.05, 0) is 40.0 Å². The van der Waals surface area contributed by atoms with E-state index in [1.807, 2.05) is 7.05 Å². The van der Waals surface area contributed by atoms with Crippen LogP contribution in [-0.4, -0.2) is 24.0 Å². The molecule has 0 bridgehead atoms. The molecule has 1 aliphatic carbocycles. The largest absolute Gasteiger partial charge is 0.292 e. The Morgan fingerprint density at radius 1 is 1.27 bits per heavy atom. The lowest BCUT2D eigenvalue weighted by Crippen LogP contribution is -2.36. The topological polar surface area (TPSA) is 24.7 Å². The monoisotopic (exact) mass is 206 g/mol. The third-order valence-electron chi connectivity index (χ3n) is 4.53. The Hall–Kier alpha value is -0.660. The molecule has 84 valence electrons. The summed E-state index contributed by atoms with van der Waals surface area (Å²) in [5.41, 5.74) is 2.97. The number of hydrogen-bond donors (Lipinski definition) is 0. The van der Waals surface area contributed by atoms with Crippen LogP contribution in [0.4, 0.5) is 0 Å². The fraction of sp³-hybridized carbons (Fsp3) is 0.846. The van der Waals surface area contributed by atoms with E-state index < -0.39 is 0 Å². The highest BCUT2D eigenvalue weighted by atomic mass is 15.0. The lowest BCUT2D eigenvalue weighted by atomic mass is 9.70. The van der Waals surface area contributed by atoms with Gasteiger partial charge in [0.25, 0.3) is 0 Å². The van der Waals surface area contributed by atoms with Gasteiger partial charge in [0, 0.05) is 12.5 Å². The Balaban J connectivity index is 2.29. The Morgan fingerprint density at radius 3 is 2.40 bits per heavy atom. The highest BCUT2D eigenvalue weighted by Crippen LogP contribution is 2.54. The van der Waals surface area contributed by atoms with Crippen molar-refractivity contribution in [3.8, 4) is 0 Å². The fourth-order valence-electron chi connectivity index (χ4n) is 3.21. The van der Waals surface area contributed by atoms with Crippen molar-refractivity contribution in [2.24, 2.45) is 15.4 Å². The molecule has 0 atom stereocenters. The molecular formula is C13H22N2. The van der Waals surface area contributed by atoms with Gasteiger partial charge in [-0.2, -0.15) is 0 Å². The molecule has 2 aliphatic rings. The minimum absolute atomic E-state index is 0.130. The molecule has 1 spiro atoms. The molecule has 2 rings (SSSR count). The van der Waals surface area contributed by atoms with Crippen LogP contribution in [0.15, 0.2) is 9.98 Å². The van der Waals surface area contributed by atoms with E-state index in [1.54, 1.807) is 0 Å². The SMILES string of the molecule is CN=C(C)C1=NC(C)(C)C2(CCCC2)C1. The zero-order valence-electron chi connectivity index (χ0n) is 10.4. The van der Waals surface area contributed by atoms with E-state index in [0.717, 1.165) is 12.1 Å². The first-order valence-electron chi connectivity index (χ1n) is 6.03. The van der Waals surface area contributed by atoms with Gasteiger partial charge in [-0.25, -0.2) is 0 Å². The third-order valence-corrected chi connectivity index (χ3v) is 4.53. The van der Waals surface area contributed by atoms with E-state index in [1.165, 1.54) is 31.4 Å². The highest BCUT2D eigenvalue weighted by molar-refractivity contribution is 6.42. The lowest BCUT2D eigenvalue weighted by Gasteiger charge is -2.36. The van der Waals surface area contributed by atoms with E-state index >= 15 is 0 Å². The Bertz CT molecular complexity index is 317. The molecule has 0 radical (unpaired) electrons. The molecule has 1 aliphatic heterocycles. The zero-order chi connectivity index (χ0) is 11.1. The highest BCUT2D eigenvalue weighted by Gasteiger charge is 2.51. The average molecular weight is 206 g/mol. The minimum Gasteiger partial charge on any atom is -0.292 e. The van der Waals surface area contributed by atoms with Crippen molar-refractivity contribution in [3.63, 3.8) is 0 Å².